The average molecular weight is 762 g/mol. The summed E-state index contributed by atoms with van der Waals surface area (Å²) in [4.78, 5) is 2.42. The van der Waals surface area contributed by atoms with Crippen LogP contribution >= 0.6 is 22.7 Å². The van der Waals surface area contributed by atoms with Gasteiger partial charge in [-0.2, -0.15) is 0 Å². The second kappa shape index (κ2) is 14.1. The van der Waals surface area contributed by atoms with Gasteiger partial charge in [-0.05, 0) is 87.5 Å². The van der Waals surface area contributed by atoms with Crippen LogP contribution in [-0.2, 0) is 0 Å². The van der Waals surface area contributed by atoms with Gasteiger partial charge >= 0.3 is 0 Å². The van der Waals surface area contributed by atoms with E-state index >= 15 is 0 Å². The van der Waals surface area contributed by atoms with E-state index in [0.717, 1.165) is 17.1 Å². The molecule has 11 rings (SSSR count). The summed E-state index contributed by atoms with van der Waals surface area (Å²) in [6.07, 6.45) is 0. The Kier molecular flexibility index (Phi) is 8.28. The van der Waals surface area contributed by atoms with Crippen LogP contribution in [0.2, 0.25) is 0 Å². The van der Waals surface area contributed by atoms with E-state index in [-0.39, 0.29) is 0 Å². The molecule has 0 aliphatic heterocycles. The Bertz CT molecular complexity index is 3210. The smallest absolute Gasteiger partial charge is 0.0476 e. The van der Waals surface area contributed by atoms with Gasteiger partial charge < -0.3 is 4.90 Å². The van der Waals surface area contributed by atoms with Gasteiger partial charge in [-0.1, -0.05) is 164 Å². The second-order valence-electron chi connectivity index (χ2n) is 14.5. The summed E-state index contributed by atoms with van der Waals surface area (Å²) in [5, 5.41) is 5.23. The van der Waals surface area contributed by atoms with Crippen molar-refractivity contribution in [2.24, 2.45) is 0 Å². The zero-order valence-corrected chi connectivity index (χ0v) is 32.6. The van der Waals surface area contributed by atoms with Crippen LogP contribution in [0.3, 0.4) is 0 Å². The van der Waals surface area contributed by atoms with Crippen molar-refractivity contribution < 1.29 is 0 Å². The van der Waals surface area contributed by atoms with E-state index in [2.05, 4.69) is 217 Å². The van der Waals surface area contributed by atoms with Crippen molar-refractivity contribution in [2.45, 2.75) is 0 Å². The molecular weight excluding hydrogens is 727 g/mol. The van der Waals surface area contributed by atoms with Crippen LogP contribution in [0.1, 0.15) is 0 Å². The molecule has 1 nitrogen and oxygen atoms in total. The van der Waals surface area contributed by atoms with Crippen molar-refractivity contribution in [3.63, 3.8) is 0 Å². The molecule has 0 radical (unpaired) electrons. The third kappa shape index (κ3) is 6.00. The van der Waals surface area contributed by atoms with Crippen molar-refractivity contribution in [3.05, 3.63) is 212 Å². The quantitative estimate of drug-likeness (QED) is 0.156. The number of nitrogens with zero attached hydrogens (tertiary/aromatic N) is 1. The Morgan fingerprint density at radius 1 is 0.263 bits per heavy atom. The van der Waals surface area contributed by atoms with E-state index in [1.54, 1.807) is 0 Å². The third-order valence-corrected chi connectivity index (χ3v) is 13.5. The molecule has 0 saturated carbocycles. The summed E-state index contributed by atoms with van der Waals surface area (Å²) in [5.41, 5.74) is 13.1. The third-order valence-electron chi connectivity index (χ3n) is 11.1. The fraction of sp³-hybridized carbons (Fsp3) is 0. The first-order valence-corrected chi connectivity index (χ1v) is 21.0. The van der Waals surface area contributed by atoms with Gasteiger partial charge in [0.2, 0.25) is 0 Å². The molecule has 3 heteroatoms. The number of fused-ring (bicyclic) bond motifs is 6. The highest BCUT2D eigenvalue weighted by Crippen LogP contribution is 2.46. The number of hydrogen-bond acceptors (Lipinski definition) is 3. The maximum Gasteiger partial charge on any atom is 0.0476 e. The molecule has 0 aliphatic rings. The van der Waals surface area contributed by atoms with E-state index in [1.165, 1.54) is 84.9 Å². The Hall–Kier alpha value is -6.78. The van der Waals surface area contributed by atoms with Crippen LogP contribution in [0.5, 0.6) is 0 Å². The first-order valence-electron chi connectivity index (χ1n) is 19.3. The van der Waals surface area contributed by atoms with Gasteiger partial charge in [-0.25, -0.2) is 0 Å². The summed E-state index contributed by atoms with van der Waals surface area (Å²) < 4.78 is 5.23. The summed E-state index contributed by atoms with van der Waals surface area (Å²) in [6, 6.07) is 77.6. The van der Waals surface area contributed by atoms with Crippen molar-refractivity contribution in [1.82, 2.24) is 0 Å². The van der Waals surface area contributed by atoms with Crippen LogP contribution in [-0.4, -0.2) is 0 Å². The number of rotatable bonds is 7. The maximum absolute atomic E-state index is 2.42. The Morgan fingerprint density at radius 3 is 1.46 bits per heavy atom. The molecular formula is C54H35NS2. The van der Waals surface area contributed by atoms with Crippen molar-refractivity contribution >= 4 is 80.1 Å². The highest BCUT2D eigenvalue weighted by Gasteiger charge is 2.20. The molecule has 0 fully saturated rings. The molecule has 2 aromatic heterocycles. The first-order chi connectivity index (χ1) is 28.2. The molecule has 268 valence electrons. The lowest BCUT2D eigenvalue weighted by molar-refractivity contribution is 1.29. The van der Waals surface area contributed by atoms with Crippen LogP contribution in [0.4, 0.5) is 17.1 Å². The minimum atomic E-state index is 1.11. The van der Waals surface area contributed by atoms with Crippen molar-refractivity contribution in [2.75, 3.05) is 4.90 Å². The highest BCUT2D eigenvalue weighted by atomic mass is 32.1. The number of thiophene rings is 2. The van der Waals surface area contributed by atoms with Gasteiger partial charge in [0.05, 0.1) is 0 Å². The van der Waals surface area contributed by atoms with Gasteiger partial charge in [0, 0.05) is 63.0 Å². The van der Waals surface area contributed by atoms with Gasteiger partial charge in [-0.3, -0.25) is 0 Å². The number of benzene rings is 9. The molecule has 57 heavy (non-hydrogen) atoms. The van der Waals surface area contributed by atoms with Crippen LogP contribution in [0.15, 0.2) is 212 Å². The van der Waals surface area contributed by atoms with Gasteiger partial charge in [0.25, 0.3) is 0 Å². The van der Waals surface area contributed by atoms with Gasteiger partial charge in [0.1, 0.15) is 0 Å². The second-order valence-corrected chi connectivity index (χ2v) is 16.6. The molecule has 0 unspecified atom stereocenters. The summed E-state index contributed by atoms with van der Waals surface area (Å²) in [5.74, 6) is 0. The molecule has 0 bridgehead atoms. The van der Waals surface area contributed by atoms with Crippen molar-refractivity contribution in [3.8, 4) is 44.5 Å². The number of hydrogen-bond donors (Lipinski definition) is 0. The lowest BCUT2D eigenvalue weighted by Gasteiger charge is -2.27. The molecule has 0 saturated heterocycles. The number of anilines is 3. The SMILES string of the molecule is c1ccc(-c2ccc(-c3ccc(N(c4ccc(-c5cccc6c5sc5ccccc56)c(-c5ccccc5)c4)c4ccc5c(c4)sc4ccccc45)cc3)cc2)cc1. The van der Waals surface area contributed by atoms with Gasteiger partial charge in [-0.15, -0.1) is 22.7 Å². The first kappa shape index (κ1) is 33.5. The largest absolute Gasteiger partial charge is 0.310 e. The normalized spacial score (nSPS) is 11.5. The Balaban J connectivity index is 1.07. The minimum absolute atomic E-state index is 1.11. The lowest BCUT2D eigenvalue weighted by Crippen LogP contribution is -2.10. The standard InChI is InChI=1S/C54H35NS2/c1-3-12-36(13-4-1)37-22-24-38(25-23-37)39-26-28-41(29-27-39)55(43-31-33-47-45-16-7-9-20-51(45)56-53(47)35-43)42-30-32-44(50(34-42)40-14-5-2-6-15-40)48-18-11-19-49-46-17-8-10-21-52(46)57-54(48)49/h1-35H. The van der Waals surface area contributed by atoms with E-state index in [1.807, 2.05) is 22.7 Å². The van der Waals surface area contributed by atoms with Crippen LogP contribution in [0.25, 0.3) is 84.9 Å². The van der Waals surface area contributed by atoms with E-state index < -0.39 is 0 Å². The average Bonchev–Trinajstić information content (AvgIpc) is 3.86. The molecule has 0 spiro atoms. The molecule has 0 amide bonds. The van der Waals surface area contributed by atoms with E-state index in [9.17, 15) is 0 Å². The predicted molar refractivity (Wildman–Crippen MR) is 249 cm³/mol. The fourth-order valence-electron chi connectivity index (χ4n) is 8.31. The van der Waals surface area contributed by atoms with Crippen LogP contribution in [0, 0.1) is 0 Å². The summed E-state index contributed by atoms with van der Waals surface area (Å²) >= 11 is 3.74. The van der Waals surface area contributed by atoms with E-state index in [4.69, 9.17) is 0 Å². The molecule has 11 aromatic rings. The molecule has 0 aliphatic carbocycles. The summed E-state index contributed by atoms with van der Waals surface area (Å²) in [7, 11) is 0. The topological polar surface area (TPSA) is 3.24 Å². The fourth-order valence-corrected chi connectivity index (χ4v) is 10.7. The Labute approximate surface area is 340 Å². The molecule has 9 aromatic carbocycles. The van der Waals surface area contributed by atoms with E-state index in [0.29, 0.717) is 0 Å². The summed E-state index contributed by atoms with van der Waals surface area (Å²) in [6.45, 7) is 0. The zero-order chi connectivity index (χ0) is 37.7. The van der Waals surface area contributed by atoms with Gasteiger partial charge in [0.15, 0.2) is 0 Å². The van der Waals surface area contributed by atoms with Crippen molar-refractivity contribution in [1.29, 1.82) is 0 Å². The Morgan fingerprint density at radius 2 is 0.754 bits per heavy atom. The highest BCUT2D eigenvalue weighted by molar-refractivity contribution is 7.26. The zero-order valence-electron chi connectivity index (χ0n) is 31.0. The predicted octanol–water partition coefficient (Wildman–Crippen LogP) is 16.6. The minimum Gasteiger partial charge on any atom is -0.310 e. The molecule has 0 N–H and O–H groups in total. The molecule has 2 heterocycles. The lowest BCUT2D eigenvalue weighted by atomic mass is 9.92. The maximum atomic E-state index is 2.42. The monoisotopic (exact) mass is 761 g/mol. The molecule has 0 atom stereocenters. The van der Waals surface area contributed by atoms with Crippen LogP contribution < -0.4 is 4.90 Å².